The second-order valence-electron chi connectivity index (χ2n) is 5.40. The van der Waals surface area contributed by atoms with Crippen LogP contribution in [0, 0.1) is 0 Å². The van der Waals surface area contributed by atoms with Crippen molar-refractivity contribution in [1.82, 2.24) is 15.6 Å². The molecule has 6 heteroatoms. The average molecular weight is 334 g/mol. The van der Waals surface area contributed by atoms with Crippen molar-refractivity contribution >= 4 is 11.6 Å². The van der Waals surface area contributed by atoms with Crippen LogP contribution in [0.1, 0.15) is 23.0 Å². The Morgan fingerprint density at radius 3 is 2.52 bits per heavy atom. The Morgan fingerprint density at radius 1 is 1.12 bits per heavy atom. The lowest BCUT2D eigenvalue weighted by Gasteiger charge is -2.01. The van der Waals surface area contributed by atoms with Crippen molar-refractivity contribution in [2.75, 3.05) is 7.11 Å². The Labute approximate surface area is 145 Å². The molecule has 0 aliphatic rings. The fourth-order valence-electron chi connectivity index (χ4n) is 2.29. The molecule has 0 spiro atoms. The number of methoxy groups -OCH3 is 1. The number of hydrazone groups is 1. The van der Waals surface area contributed by atoms with Crippen LogP contribution in [0.4, 0.5) is 0 Å². The Hall–Kier alpha value is -3.41. The number of ether oxygens (including phenoxy) is 1. The summed E-state index contributed by atoms with van der Waals surface area (Å²) in [4.78, 5) is 12.2. The van der Waals surface area contributed by atoms with E-state index in [1.54, 1.807) is 13.2 Å². The van der Waals surface area contributed by atoms with Gasteiger partial charge in [-0.3, -0.25) is 9.89 Å². The average Bonchev–Trinajstić information content (AvgIpc) is 3.17. The molecule has 0 saturated carbocycles. The minimum absolute atomic E-state index is 0.343. The normalized spacial score (nSPS) is 11.2. The molecule has 3 aromatic rings. The number of aromatic nitrogens is 2. The number of amides is 1. The van der Waals surface area contributed by atoms with Crippen LogP contribution in [0.5, 0.6) is 5.75 Å². The number of benzene rings is 2. The van der Waals surface area contributed by atoms with Crippen molar-refractivity contribution < 1.29 is 9.53 Å². The van der Waals surface area contributed by atoms with E-state index in [1.165, 1.54) is 0 Å². The second kappa shape index (κ2) is 7.44. The second-order valence-corrected chi connectivity index (χ2v) is 5.40. The fourth-order valence-corrected chi connectivity index (χ4v) is 2.29. The van der Waals surface area contributed by atoms with E-state index in [9.17, 15) is 4.79 Å². The lowest BCUT2D eigenvalue weighted by Crippen LogP contribution is -2.19. The zero-order chi connectivity index (χ0) is 17.6. The number of nitrogens with one attached hydrogen (secondary N) is 2. The van der Waals surface area contributed by atoms with Gasteiger partial charge >= 0.3 is 0 Å². The van der Waals surface area contributed by atoms with Gasteiger partial charge in [0.1, 0.15) is 11.4 Å². The third kappa shape index (κ3) is 3.92. The molecule has 1 amide bonds. The highest BCUT2D eigenvalue weighted by molar-refractivity contribution is 6.00. The van der Waals surface area contributed by atoms with E-state index >= 15 is 0 Å². The van der Waals surface area contributed by atoms with E-state index in [0.29, 0.717) is 11.4 Å². The van der Waals surface area contributed by atoms with Crippen molar-refractivity contribution in [3.63, 3.8) is 0 Å². The van der Waals surface area contributed by atoms with Crippen LogP contribution in [-0.4, -0.2) is 28.9 Å². The summed E-state index contributed by atoms with van der Waals surface area (Å²) in [6, 6.07) is 18.8. The molecule has 3 rings (SSSR count). The predicted octanol–water partition coefficient (Wildman–Crippen LogP) is 3.24. The van der Waals surface area contributed by atoms with Crippen LogP contribution < -0.4 is 10.2 Å². The van der Waals surface area contributed by atoms with E-state index in [0.717, 1.165) is 22.6 Å². The molecule has 0 bridgehead atoms. The van der Waals surface area contributed by atoms with E-state index in [-0.39, 0.29) is 5.91 Å². The van der Waals surface area contributed by atoms with Gasteiger partial charge in [0.25, 0.3) is 5.91 Å². The number of hydrogen-bond donors (Lipinski definition) is 2. The van der Waals surface area contributed by atoms with Gasteiger partial charge in [-0.1, -0.05) is 30.3 Å². The molecule has 1 aromatic heterocycles. The van der Waals surface area contributed by atoms with Crippen LogP contribution in [0.15, 0.2) is 65.8 Å². The van der Waals surface area contributed by atoms with Gasteiger partial charge in [-0.25, -0.2) is 5.43 Å². The fraction of sp³-hybridized carbons (Fsp3) is 0.105. The third-order valence-corrected chi connectivity index (χ3v) is 3.72. The SMILES string of the molecule is COc1ccc(-c2cc(C(=O)NN=C(C)c3ccccc3)[nH]n2)cc1. The minimum Gasteiger partial charge on any atom is -0.497 e. The van der Waals surface area contributed by atoms with Gasteiger partial charge in [-0.15, -0.1) is 0 Å². The number of rotatable bonds is 5. The monoisotopic (exact) mass is 334 g/mol. The summed E-state index contributed by atoms with van der Waals surface area (Å²) in [5, 5.41) is 11.0. The molecule has 126 valence electrons. The maximum atomic E-state index is 12.2. The summed E-state index contributed by atoms with van der Waals surface area (Å²) < 4.78 is 5.13. The summed E-state index contributed by atoms with van der Waals surface area (Å²) in [5.41, 5.74) is 6.12. The van der Waals surface area contributed by atoms with Gasteiger partial charge in [-0.2, -0.15) is 10.2 Å². The summed E-state index contributed by atoms with van der Waals surface area (Å²) in [6.07, 6.45) is 0. The molecule has 0 aliphatic heterocycles. The molecule has 2 aromatic carbocycles. The number of aromatic amines is 1. The summed E-state index contributed by atoms with van der Waals surface area (Å²) in [5.74, 6) is 0.422. The maximum Gasteiger partial charge on any atom is 0.289 e. The molecular weight excluding hydrogens is 316 g/mol. The number of hydrogen-bond acceptors (Lipinski definition) is 4. The summed E-state index contributed by atoms with van der Waals surface area (Å²) in [7, 11) is 1.62. The molecule has 0 atom stereocenters. The van der Waals surface area contributed by atoms with Gasteiger partial charge < -0.3 is 4.74 Å². The van der Waals surface area contributed by atoms with Crippen LogP contribution in [0.2, 0.25) is 0 Å². The predicted molar refractivity (Wildman–Crippen MR) is 96.7 cm³/mol. The summed E-state index contributed by atoms with van der Waals surface area (Å²) in [6.45, 7) is 1.84. The zero-order valence-corrected chi connectivity index (χ0v) is 14.0. The molecule has 0 saturated heterocycles. The third-order valence-electron chi connectivity index (χ3n) is 3.72. The Kier molecular flexibility index (Phi) is 4.89. The van der Waals surface area contributed by atoms with Gasteiger partial charge in [0.2, 0.25) is 0 Å². The van der Waals surface area contributed by atoms with Gasteiger partial charge in [0.15, 0.2) is 0 Å². The first-order valence-electron chi connectivity index (χ1n) is 7.77. The molecule has 2 N–H and O–H groups in total. The highest BCUT2D eigenvalue weighted by atomic mass is 16.5. The summed E-state index contributed by atoms with van der Waals surface area (Å²) >= 11 is 0. The van der Waals surface area contributed by atoms with E-state index in [4.69, 9.17) is 4.74 Å². The number of nitrogens with zero attached hydrogens (tertiary/aromatic N) is 2. The van der Waals surface area contributed by atoms with Crippen LogP contribution in [0.25, 0.3) is 11.3 Å². The van der Waals surface area contributed by atoms with Gasteiger partial charge in [0.05, 0.1) is 18.5 Å². The van der Waals surface area contributed by atoms with Crippen molar-refractivity contribution in [3.8, 4) is 17.0 Å². The van der Waals surface area contributed by atoms with Crippen molar-refractivity contribution in [2.45, 2.75) is 6.92 Å². The Morgan fingerprint density at radius 2 is 1.84 bits per heavy atom. The van der Waals surface area contributed by atoms with E-state index < -0.39 is 0 Å². The topological polar surface area (TPSA) is 79.4 Å². The Bertz CT molecular complexity index is 883. The van der Waals surface area contributed by atoms with E-state index in [2.05, 4.69) is 20.7 Å². The molecule has 1 heterocycles. The first-order chi connectivity index (χ1) is 12.2. The first-order valence-corrected chi connectivity index (χ1v) is 7.77. The molecule has 0 radical (unpaired) electrons. The number of carbonyl (C=O) groups is 1. The minimum atomic E-state index is -0.345. The molecule has 0 unspecified atom stereocenters. The van der Waals surface area contributed by atoms with Crippen molar-refractivity contribution in [1.29, 1.82) is 0 Å². The molecular formula is C19H18N4O2. The highest BCUT2D eigenvalue weighted by Gasteiger charge is 2.11. The molecule has 25 heavy (non-hydrogen) atoms. The lowest BCUT2D eigenvalue weighted by molar-refractivity contribution is 0.0950. The standard InChI is InChI=1S/C19H18N4O2/c1-13(14-6-4-3-5-7-14)20-23-19(24)18-12-17(21-22-18)15-8-10-16(25-2)11-9-15/h3-12H,1-2H3,(H,21,22)(H,23,24). The zero-order valence-electron chi connectivity index (χ0n) is 14.0. The molecule has 0 aliphatic carbocycles. The molecule has 6 nitrogen and oxygen atoms in total. The largest absolute Gasteiger partial charge is 0.497 e. The van der Waals surface area contributed by atoms with Crippen LogP contribution in [0.3, 0.4) is 0 Å². The number of H-pyrrole nitrogens is 1. The molecule has 0 fully saturated rings. The van der Waals surface area contributed by atoms with Gasteiger partial charge in [-0.05, 0) is 42.8 Å². The first kappa shape index (κ1) is 16.4. The lowest BCUT2D eigenvalue weighted by atomic mass is 10.1. The van der Waals surface area contributed by atoms with Crippen molar-refractivity contribution in [2.24, 2.45) is 5.10 Å². The van der Waals surface area contributed by atoms with Crippen LogP contribution in [-0.2, 0) is 0 Å². The number of carbonyl (C=O) groups excluding carboxylic acids is 1. The smallest absolute Gasteiger partial charge is 0.289 e. The van der Waals surface area contributed by atoms with E-state index in [1.807, 2.05) is 61.5 Å². The highest BCUT2D eigenvalue weighted by Crippen LogP contribution is 2.21. The van der Waals surface area contributed by atoms with Crippen LogP contribution >= 0.6 is 0 Å². The quantitative estimate of drug-likeness (QED) is 0.555. The van der Waals surface area contributed by atoms with Gasteiger partial charge in [0, 0.05) is 5.56 Å². The Balaban J connectivity index is 1.70. The maximum absolute atomic E-state index is 12.2. The van der Waals surface area contributed by atoms with Crippen molar-refractivity contribution in [3.05, 3.63) is 71.9 Å².